The first kappa shape index (κ1) is 24.6. The number of nitrogens with zero attached hydrogens (tertiary/aromatic N) is 2. The van der Waals surface area contributed by atoms with E-state index in [2.05, 4.69) is 48.7 Å². The van der Waals surface area contributed by atoms with Gasteiger partial charge in [0.15, 0.2) is 6.23 Å². The van der Waals surface area contributed by atoms with Crippen molar-refractivity contribution in [3.63, 3.8) is 0 Å². The summed E-state index contributed by atoms with van der Waals surface area (Å²) in [5.41, 5.74) is 3.72. The van der Waals surface area contributed by atoms with Gasteiger partial charge in [0, 0.05) is 16.5 Å². The SMILES string of the molecule is CC1(C)CC(=C(c2ccc3c(cnn3C3CCCCO3)c2)c2c(F)cc(Br)cc2F)CC(C)(C)C1. The molecule has 1 aromatic heterocycles. The summed E-state index contributed by atoms with van der Waals surface area (Å²) in [6, 6.07) is 8.74. The van der Waals surface area contributed by atoms with Gasteiger partial charge in [-0.1, -0.05) is 55.3 Å². The predicted molar refractivity (Wildman–Crippen MR) is 140 cm³/mol. The number of hydrogen-bond donors (Lipinski definition) is 0. The molecule has 1 saturated heterocycles. The molecular formula is C29H33BrF2N2O. The Balaban J connectivity index is 1.69. The fourth-order valence-corrected chi connectivity index (χ4v) is 6.88. The molecule has 2 heterocycles. The number of hydrogen-bond acceptors (Lipinski definition) is 2. The van der Waals surface area contributed by atoms with E-state index in [4.69, 9.17) is 4.74 Å². The number of halogens is 3. The molecule has 2 fully saturated rings. The Morgan fingerprint density at radius 2 is 1.71 bits per heavy atom. The zero-order chi connectivity index (χ0) is 25.0. The van der Waals surface area contributed by atoms with E-state index >= 15 is 8.78 Å². The second-order valence-corrected chi connectivity index (χ2v) is 12.7. The van der Waals surface area contributed by atoms with Crippen LogP contribution >= 0.6 is 15.9 Å². The molecular weight excluding hydrogens is 510 g/mol. The van der Waals surface area contributed by atoms with Gasteiger partial charge in [-0.25, -0.2) is 13.5 Å². The molecule has 0 radical (unpaired) electrons. The maximum Gasteiger partial charge on any atom is 0.150 e. The summed E-state index contributed by atoms with van der Waals surface area (Å²) in [5, 5.41) is 5.57. The zero-order valence-corrected chi connectivity index (χ0v) is 22.5. The van der Waals surface area contributed by atoms with E-state index in [9.17, 15) is 0 Å². The Bertz CT molecular complexity index is 1260. The Labute approximate surface area is 214 Å². The fourth-order valence-electron chi connectivity index (χ4n) is 6.48. The van der Waals surface area contributed by atoms with Crippen molar-refractivity contribution in [2.24, 2.45) is 10.8 Å². The molecule has 6 heteroatoms. The molecule has 3 aromatic rings. The van der Waals surface area contributed by atoms with Crippen molar-refractivity contribution in [1.82, 2.24) is 9.78 Å². The minimum atomic E-state index is -0.549. The van der Waals surface area contributed by atoms with Crippen LogP contribution in [0.1, 0.15) is 83.6 Å². The van der Waals surface area contributed by atoms with Gasteiger partial charge in [-0.15, -0.1) is 0 Å². The second kappa shape index (κ2) is 9.11. The van der Waals surface area contributed by atoms with Crippen LogP contribution in [0.25, 0.3) is 16.5 Å². The van der Waals surface area contributed by atoms with Gasteiger partial charge in [0.1, 0.15) is 11.6 Å². The van der Waals surface area contributed by atoms with Crippen LogP contribution in [-0.2, 0) is 4.74 Å². The lowest BCUT2D eigenvalue weighted by atomic mass is 9.62. The van der Waals surface area contributed by atoms with E-state index in [0.29, 0.717) is 10.0 Å². The molecule has 0 spiro atoms. The lowest BCUT2D eigenvalue weighted by Crippen LogP contribution is -2.30. The Hall–Kier alpha value is -2.05. The van der Waals surface area contributed by atoms with Gasteiger partial charge >= 0.3 is 0 Å². The lowest BCUT2D eigenvalue weighted by Gasteiger charge is -2.43. The maximum absolute atomic E-state index is 15.4. The number of fused-ring (bicyclic) bond motifs is 1. The molecule has 1 aliphatic carbocycles. The predicted octanol–water partition coefficient (Wildman–Crippen LogP) is 8.81. The minimum absolute atomic E-state index is 0.0396. The monoisotopic (exact) mass is 542 g/mol. The molecule has 1 atom stereocenters. The first-order valence-electron chi connectivity index (χ1n) is 12.5. The highest BCUT2D eigenvalue weighted by Gasteiger charge is 2.38. The van der Waals surface area contributed by atoms with Crippen molar-refractivity contribution >= 4 is 32.4 Å². The van der Waals surface area contributed by atoms with Crippen molar-refractivity contribution in [2.75, 3.05) is 6.61 Å². The van der Waals surface area contributed by atoms with E-state index in [0.717, 1.165) is 67.2 Å². The van der Waals surface area contributed by atoms with Gasteiger partial charge in [-0.2, -0.15) is 5.10 Å². The highest BCUT2D eigenvalue weighted by Crippen LogP contribution is 2.51. The number of allylic oxidation sites excluding steroid dienone is 1. The van der Waals surface area contributed by atoms with Crippen molar-refractivity contribution in [2.45, 2.75) is 72.4 Å². The van der Waals surface area contributed by atoms with Crippen LogP contribution in [-0.4, -0.2) is 16.4 Å². The smallest absolute Gasteiger partial charge is 0.150 e. The molecule has 0 bridgehead atoms. The molecule has 3 nitrogen and oxygen atoms in total. The van der Waals surface area contributed by atoms with E-state index in [1.807, 2.05) is 29.1 Å². The summed E-state index contributed by atoms with van der Waals surface area (Å²) >= 11 is 3.24. The summed E-state index contributed by atoms with van der Waals surface area (Å²) in [6.07, 6.45) is 7.57. The Kier molecular flexibility index (Phi) is 6.41. The van der Waals surface area contributed by atoms with Crippen LogP contribution < -0.4 is 0 Å². The first-order valence-corrected chi connectivity index (χ1v) is 13.3. The fraction of sp³-hybridized carbons (Fsp3) is 0.483. The average Bonchev–Trinajstić information content (AvgIpc) is 3.17. The highest BCUT2D eigenvalue weighted by molar-refractivity contribution is 9.10. The van der Waals surface area contributed by atoms with Gasteiger partial charge in [0.2, 0.25) is 0 Å². The number of benzene rings is 2. The van der Waals surface area contributed by atoms with E-state index in [1.54, 1.807) is 0 Å². The molecule has 2 aromatic carbocycles. The van der Waals surface area contributed by atoms with Crippen LogP contribution in [0.15, 0.2) is 46.6 Å². The summed E-state index contributed by atoms with van der Waals surface area (Å²) in [5.74, 6) is -1.10. The second-order valence-electron chi connectivity index (χ2n) is 11.8. The maximum atomic E-state index is 15.4. The molecule has 186 valence electrons. The highest BCUT2D eigenvalue weighted by atomic mass is 79.9. The van der Waals surface area contributed by atoms with E-state index < -0.39 is 11.6 Å². The van der Waals surface area contributed by atoms with Crippen LogP contribution in [0.2, 0.25) is 0 Å². The molecule has 1 unspecified atom stereocenters. The standard InChI is InChI=1S/C29H33BrF2N2O/c1-28(2)14-20(15-29(3,4)17-28)26(27-22(31)12-21(30)13-23(27)32)18-8-9-24-19(11-18)16-33-34(24)25-7-5-6-10-35-25/h8-9,11-13,16,25H,5-7,10,14-15,17H2,1-4H3. The molecule has 0 amide bonds. The molecule has 1 aliphatic heterocycles. The summed E-state index contributed by atoms with van der Waals surface area (Å²) in [7, 11) is 0. The zero-order valence-electron chi connectivity index (χ0n) is 20.9. The van der Waals surface area contributed by atoms with Crippen LogP contribution in [0.3, 0.4) is 0 Å². The van der Waals surface area contributed by atoms with Crippen molar-refractivity contribution in [1.29, 1.82) is 0 Å². The third-order valence-corrected chi connectivity index (χ3v) is 7.72. The number of aromatic nitrogens is 2. The molecule has 5 rings (SSSR count). The molecule has 1 saturated carbocycles. The van der Waals surface area contributed by atoms with Gasteiger partial charge < -0.3 is 4.74 Å². The summed E-state index contributed by atoms with van der Waals surface area (Å²) in [6.45, 7) is 9.73. The first-order chi connectivity index (χ1) is 16.5. The van der Waals surface area contributed by atoms with E-state index in [1.165, 1.54) is 12.1 Å². The Morgan fingerprint density at radius 1 is 1.03 bits per heavy atom. The normalized spacial score (nSPS) is 21.9. The van der Waals surface area contributed by atoms with Crippen LogP contribution in [0, 0.1) is 22.5 Å². The lowest BCUT2D eigenvalue weighted by molar-refractivity contribution is -0.0366. The van der Waals surface area contributed by atoms with Gasteiger partial charge in [0.25, 0.3) is 0 Å². The van der Waals surface area contributed by atoms with Crippen LogP contribution in [0.5, 0.6) is 0 Å². The minimum Gasteiger partial charge on any atom is -0.356 e. The Morgan fingerprint density at radius 3 is 2.34 bits per heavy atom. The molecule has 2 aliphatic rings. The van der Waals surface area contributed by atoms with Crippen molar-refractivity contribution in [3.8, 4) is 0 Å². The molecule has 0 N–H and O–H groups in total. The van der Waals surface area contributed by atoms with Gasteiger partial charge in [-0.05, 0) is 84.8 Å². The van der Waals surface area contributed by atoms with Crippen molar-refractivity contribution < 1.29 is 13.5 Å². The van der Waals surface area contributed by atoms with Gasteiger partial charge in [0.05, 0.1) is 17.3 Å². The average molecular weight is 543 g/mol. The number of rotatable bonds is 3. The summed E-state index contributed by atoms with van der Waals surface area (Å²) < 4.78 is 39.1. The van der Waals surface area contributed by atoms with Crippen LogP contribution in [0.4, 0.5) is 8.78 Å². The third kappa shape index (κ3) is 4.97. The quantitative estimate of drug-likeness (QED) is 0.330. The van der Waals surface area contributed by atoms with Crippen molar-refractivity contribution in [3.05, 3.63) is 69.3 Å². The largest absolute Gasteiger partial charge is 0.356 e. The summed E-state index contributed by atoms with van der Waals surface area (Å²) in [4.78, 5) is 0. The number of ether oxygens (including phenoxy) is 1. The molecule has 35 heavy (non-hydrogen) atoms. The van der Waals surface area contributed by atoms with Gasteiger partial charge in [-0.3, -0.25) is 0 Å². The third-order valence-electron chi connectivity index (χ3n) is 7.26. The van der Waals surface area contributed by atoms with E-state index in [-0.39, 0.29) is 22.6 Å². The topological polar surface area (TPSA) is 27.1 Å².